The molecule has 0 bridgehead atoms. The number of nitrogens with zero attached hydrogens (tertiary/aromatic N) is 2. The molecule has 104 valence electrons. The van der Waals surface area contributed by atoms with Crippen molar-refractivity contribution in [2.45, 2.75) is 39.3 Å². The van der Waals surface area contributed by atoms with E-state index in [2.05, 4.69) is 5.32 Å². The SMILES string of the molecule is CC(C)NC(=O)N1CCN(C(=O)C(C)(C)N)CC1. The summed E-state index contributed by atoms with van der Waals surface area (Å²) in [5.41, 5.74) is 4.94. The number of amides is 3. The second-order valence-corrected chi connectivity index (χ2v) is 5.61. The van der Waals surface area contributed by atoms with E-state index in [1.165, 1.54) is 0 Å². The van der Waals surface area contributed by atoms with Crippen LogP contribution in [0, 0.1) is 0 Å². The summed E-state index contributed by atoms with van der Waals surface area (Å²) in [5, 5.41) is 2.85. The Bertz CT molecular complexity index is 315. The van der Waals surface area contributed by atoms with E-state index in [1.54, 1.807) is 23.6 Å². The van der Waals surface area contributed by atoms with E-state index in [0.29, 0.717) is 26.2 Å². The molecule has 0 unspecified atom stereocenters. The van der Waals surface area contributed by atoms with Crippen LogP contribution in [0.5, 0.6) is 0 Å². The van der Waals surface area contributed by atoms with Crippen LogP contribution < -0.4 is 11.1 Å². The molecule has 0 aliphatic carbocycles. The summed E-state index contributed by atoms with van der Waals surface area (Å²) in [6.07, 6.45) is 0. The number of hydrogen-bond donors (Lipinski definition) is 2. The fourth-order valence-corrected chi connectivity index (χ4v) is 1.86. The van der Waals surface area contributed by atoms with Gasteiger partial charge in [0.25, 0.3) is 0 Å². The zero-order chi connectivity index (χ0) is 13.9. The summed E-state index contributed by atoms with van der Waals surface area (Å²) in [5.74, 6) is -0.0635. The minimum absolute atomic E-state index is 0.0635. The van der Waals surface area contributed by atoms with Gasteiger partial charge in [0.05, 0.1) is 5.54 Å². The average molecular weight is 256 g/mol. The van der Waals surface area contributed by atoms with Crippen molar-refractivity contribution in [2.75, 3.05) is 26.2 Å². The molecule has 0 aromatic rings. The van der Waals surface area contributed by atoms with Crippen molar-refractivity contribution in [3.8, 4) is 0 Å². The summed E-state index contributed by atoms with van der Waals surface area (Å²) in [6, 6.07) is 0.0595. The van der Waals surface area contributed by atoms with Gasteiger partial charge in [-0.1, -0.05) is 0 Å². The van der Waals surface area contributed by atoms with Crippen molar-refractivity contribution in [1.29, 1.82) is 0 Å². The molecule has 0 aromatic carbocycles. The number of carbonyl (C=O) groups is 2. The molecular formula is C12H24N4O2. The van der Waals surface area contributed by atoms with E-state index in [4.69, 9.17) is 5.73 Å². The summed E-state index contributed by atoms with van der Waals surface area (Å²) in [7, 11) is 0. The molecule has 1 rings (SSSR count). The number of piperazine rings is 1. The van der Waals surface area contributed by atoms with Gasteiger partial charge in [-0.3, -0.25) is 4.79 Å². The summed E-state index contributed by atoms with van der Waals surface area (Å²) < 4.78 is 0. The van der Waals surface area contributed by atoms with E-state index in [9.17, 15) is 9.59 Å². The molecule has 1 aliphatic rings. The van der Waals surface area contributed by atoms with Crippen LogP contribution in [0.15, 0.2) is 0 Å². The molecule has 0 atom stereocenters. The minimum atomic E-state index is -0.845. The number of urea groups is 1. The largest absolute Gasteiger partial charge is 0.338 e. The lowest BCUT2D eigenvalue weighted by Crippen LogP contribution is -2.59. The first-order valence-electron chi connectivity index (χ1n) is 6.35. The van der Waals surface area contributed by atoms with Gasteiger partial charge < -0.3 is 20.9 Å². The van der Waals surface area contributed by atoms with Gasteiger partial charge in [-0.05, 0) is 27.7 Å². The van der Waals surface area contributed by atoms with Crippen LogP contribution in [0.25, 0.3) is 0 Å². The topological polar surface area (TPSA) is 78.7 Å². The van der Waals surface area contributed by atoms with Gasteiger partial charge >= 0.3 is 6.03 Å². The van der Waals surface area contributed by atoms with E-state index in [0.717, 1.165) is 0 Å². The Kier molecular flexibility index (Phi) is 4.56. The van der Waals surface area contributed by atoms with Crippen LogP contribution in [0.1, 0.15) is 27.7 Å². The predicted molar refractivity (Wildman–Crippen MR) is 70.1 cm³/mol. The molecule has 0 aromatic heterocycles. The summed E-state index contributed by atoms with van der Waals surface area (Å²) in [6.45, 7) is 9.46. The molecule has 3 N–H and O–H groups in total. The lowest BCUT2D eigenvalue weighted by atomic mass is 10.1. The molecule has 0 radical (unpaired) electrons. The summed E-state index contributed by atoms with van der Waals surface area (Å²) in [4.78, 5) is 27.2. The van der Waals surface area contributed by atoms with E-state index in [1.807, 2.05) is 13.8 Å². The Labute approximate surface area is 108 Å². The van der Waals surface area contributed by atoms with Gasteiger partial charge in [0.15, 0.2) is 0 Å². The zero-order valence-corrected chi connectivity index (χ0v) is 11.7. The first-order chi connectivity index (χ1) is 8.21. The molecule has 0 saturated carbocycles. The van der Waals surface area contributed by atoms with Crippen LogP contribution in [0.2, 0.25) is 0 Å². The number of carbonyl (C=O) groups excluding carboxylic acids is 2. The average Bonchev–Trinajstić information content (AvgIpc) is 2.26. The second-order valence-electron chi connectivity index (χ2n) is 5.61. The van der Waals surface area contributed by atoms with E-state index < -0.39 is 5.54 Å². The number of nitrogens with one attached hydrogen (secondary N) is 1. The third-order valence-electron chi connectivity index (χ3n) is 2.82. The number of rotatable bonds is 2. The van der Waals surface area contributed by atoms with Crippen molar-refractivity contribution >= 4 is 11.9 Å². The van der Waals surface area contributed by atoms with Gasteiger partial charge in [-0.2, -0.15) is 0 Å². The normalized spacial score (nSPS) is 17.0. The highest BCUT2D eigenvalue weighted by molar-refractivity contribution is 5.85. The van der Waals surface area contributed by atoms with Crippen LogP contribution in [-0.4, -0.2) is 59.5 Å². The Morgan fingerprint density at radius 1 is 1.11 bits per heavy atom. The lowest BCUT2D eigenvalue weighted by Gasteiger charge is -2.37. The fraction of sp³-hybridized carbons (Fsp3) is 0.833. The Balaban J connectivity index is 2.46. The fourth-order valence-electron chi connectivity index (χ4n) is 1.86. The highest BCUT2D eigenvalue weighted by atomic mass is 16.2. The molecule has 1 fully saturated rings. The smallest absolute Gasteiger partial charge is 0.317 e. The monoisotopic (exact) mass is 256 g/mol. The van der Waals surface area contributed by atoms with Gasteiger partial charge in [0, 0.05) is 32.2 Å². The molecule has 0 spiro atoms. The van der Waals surface area contributed by atoms with Crippen molar-refractivity contribution in [2.24, 2.45) is 5.73 Å². The lowest BCUT2D eigenvalue weighted by molar-refractivity contribution is -0.137. The first-order valence-corrected chi connectivity index (χ1v) is 6.35. The van der Waals surface area contributed by atoms with Gasteiger partial charge in [0.1, 0.15) is 0 Å². The molecule has 6 heteroatoms. The van der Waals surface area contributed by atoms with Crippen LogP contribution in [0.3, 0.4) is 0 Å². The molecule has 1 heterocycles. The number of nitrogens with two attached hydrogens (primary N) is 1. The Hall–Kier alpha value is -1.30. The maximum absolute atomic E-state index is 12.0. The first kappa shape index (κ1) is 14.8. The molecule has 6 nitrogen and oxygen atoms in total. The maximum Gasteiger partial charge on any atom is 0.317 e. The van der Waals surface area contributed by atoms with Crippen LogP contribution in [-0.2, 0) is 4.79 Å². The van der Waals surface area contributed by atoms with Gasteiger partial charge in [0.2, 0.25) is 5.91 Å². The molecule has 3 amide bonds. The maximum atomic E-state index is 12.0. The van der Waals surface area contributed by atoms with Gasteiger partial charge in [-0.15, -0.1) is 0 Å². The predicted octanol–water partition coefficient (Wildman–Crippen LogP) is -0.0141. The molecular weight excluding hydrogens is 232 g/mol. The van der Waals surface area contributed by atoms with E-state index in [-0.39, 0.29) is 18.0 Å². The molecule has 18 heavy (non-hydrogen) atoms. The highest BCUT2D eigenvalue weighted by Gasteiger charge is 2.31. The van der Waals surface area contributed by atoms with Crippen LogP contribution >= 0.6 is 0 Å². The van der Waals surface area contributed by atoms with Crippen molar-refractivity contribution < 1.29 is 9.59 Å². The third kappa shape index (κ3) is 3.87. The van der Waals surface area contributed by atoms with E-state index >= 15 is 0 Å². The standard InChI is InChI=1S/C12H24N4O2/c1-9(2)14-11(18)16-7-5-15(6-8-16)10(17)12(3,4)13/h9H,5-8,13H2,1-4H3,(H,14,18). The van der Waals surface area contributed by atoms with Crippen molar-refractivity contribution in [3.63, 3.8) is 0 Å². The minimum Gasteiger partial charge on any atom is -0.338 e. The van der Waals surface area contributed by atoms with Crippen molar-refractivity contribution in [3.05, 3.63) is 0 Å². The molecule has 1 aliphatic heterocycles. The highest BCUT2D eigenvalue weighted by Crippen LogP contribution is 2.09. The molecule has 1 saturated heterocycles. The Morgan fingerprint density at radius 3 is 1.94 bits per heavy atom. The van der Waals surface area contributed by atoms with Gasteiger partial charge in [-0.25, -0.2) is 4.79 Å². The van der Waals surface area contributed by atoms with Crippen LogP contribution in [0.4, 0.5) is 4.79 Å². The summed E-state index contributed by atoms with van der Waals surface area (Å²) >= 11 is 0. The third-order valence-corrected chi connectivity index (χ3v) is 2.82. The quantitative estimate of drug-likeness (QED) is 0.729. The van der Waals surface area contributed by atoms with Crippen molar-refractivity contribution in [1.82, 2.24) is 15.1 Å². The zero-order valence-electron chi connectivity index (χ0n) is 11.7. The number of hydrogen-bond acceptors (Lipinski definition) is 3. The second kappa shape index (κ2) is 5.56. The Morgan fingerprint density at radius 2 is 1.56 bits per heavy atom.